The van der Waals surface area contributed by atoms with E-state index in [0.29, 0.717) is 0 Å². The van der Waals surface area contributed by atoms with E-state index in [4.69, 9.17) is 0 Å². The fourth-order valence-corrected chi connectivity index (χ4v) is 1.12. The molecule has 3 nitrogen and oxygen atoms in total. The second kappa shape index (κ2) is 4.13. The van der Waals surface area contributed by atoms with E-state index < -0.39 is 0 Å². The van der Waals surface area contributed by atoms with Crippen LogP contribution in [-0.2, 0) is 0 Å². The molecule has 1 fully saturated rings. The van der Waals surface area contributed by atoms with Gasteiger partial charge < -0.3 is 10.5 Å². The van der Waals surface area contributed by atoms with Crippen molar-refractivity contribution in [3.8, 4) is 0 Å². The summed E-state index contributed by atoms with van der Waals surface area (Å²) in [4.78, 5) is 0. The molecule has 1 heterocycles. The first-order chi connectivity index (χ1) is 4.22. The van der Waals surface area contributed by atoms with Crippen LogP contribution in [0, 0.1) is 0 Å². The smallest absolute Gasteiger partial charge is 0.0450 e. The lowest BCUT2D eigenvalue weighted by molar-refractivity contribution is -0.160. The summed E-state index contributed by atoms with van der Waals surface area (Å²) in [6, 6.07) is 0.516. The van der Waals surface area contributed by atoms with E-state index in [1.807, 2.05) is 13.8 Å². The third kappa shape index (κ3) is 2.09. The monoisotopic (exact) mass is 166 g/mol. The molecule has 2 N–H and O–H groups in total. The van der Waals surface area contributed by atoms with Crippen molar-refractivity contribution < 1.29 is 5.21 Å². The quantitative estimate of drug-likeness (QED) is 0.550. The summed E-state index contributed by atoms with van der Waals surface area (Å²) in [6.07, 6.45) is 0. The number of halogens is 1. The predicted octanol–water partition coefficient (Wildman–Crippen LogP) is 0.480. The number of piperazine rings is 1. The summed E-state index contributed by atoms with van der Waals surface area (Å²) in [5.41, 5.74) is 0. The minimum absolute atomic E-state index is 0. The number of hydroxylamine groups is 2. The van der Waals surface area contributed by atoms with E-state index in [0.717, 1.165) is 13.1 Å². The molecular formula is C6H15ClN2O. The Hall–Kier alpha value is 0.170. The molecule has 10 heavy (non-hydrogen) atoms. The zero-order valence-electron chi connectivity index (χ0n) is 6.37. The Morgan fingerprint density at radius 1 is 1.30 bits per heavy atom. The normalized spacial score (nSPS) is 35.1. The van der Waals surface area contributed by atoms with Crippen molar-refractivity contribution in [2.45, 2.75) is 25.9 Å². The zero-order chi connectivity index (χ0) is 6.85. The van der Waals surface area contributed by atoms with Crippen LogP contribution in [0.25, 0.3) is 0 Å². The molecule has 0 aromatic carbocycles. The Labute approximate surface area is 67.8 Å². The van der Waals surface area contributed by atoms with Gasteiger partial charge in [0.05, 0.1) is 0 Å². The highest BCUT2D eigenvalue weighted by Gasteiger charge is 2.21. The van der Waals surface area contributed by atoms with Gasteiger partial charge in [0.2, 0.25) is 0 Å². The Morgan fingerprint density at radius 2 is 1.70 bits per heavy atom. The predicted molar refractivity (Wildman–Crippen MR) is 42.7 cm³/mol. The van der Waals surface area contributed by atoms with E-state index in [9.17, 15) is 5.21 Å². The molecule has 2 atom stereocenters. The van der Waals surface area contributed by atoms with Crippen LogP contribution in [0.2, 0.25) is 0 Å². The first-order valence-corrected chi connectivity index (χ1v) is 3.39. The summed E-state index contributed by atoms with van der Waals surface area (Å²) in [7, 11) is 0. The van der Waals surface area contributed by atoms with E-state index in [1.54, 1.807) is 0 Å². The molecule has 0 radical (unpaired) electrons. The van der Waals surface area contributed by atoms with Gasteiger partial charge in [-0.15, -0.1) is 12.4 Å². The summed E-state index contributed by atoms with van der Waals surface area (Å²) >= 11 is 0. The number of nitrogens with zero attached hydrogens (tertiary/aromatic N) is 1. The lowest BCUT2D eigenvalue weighted by Crippen LogP contribution is -2.53. The molecule has 0 aliphatic carbocycles. The van der Waals surface area contributed by atoms with Crippen molar-refractivity contribution in [2.75, 3.05) is 13.1 Å². The average Bonchev–Trinajstić information content (AvgIpc) is 1.83. The molecule has 1 rings (SSSR count). The van der Waals surface area contributed by atoms with Crippen LogP contribution in [0.1, 0.15) is 13.8 Å². The molecule has 0 saturated carbocycles. The summed E-state index contributed by atoms with van der Waals surface area (Å²) in [6.45, 7) is 5.78. The van der Waals surface area contributed by atoms with Gasteiger partial charge in [0, 0.05) is 25.2 Å². The van der Waals surface area contributed by atoms with Gasteiger partial charge in [-0.2, -0.15) is 5.06 Å². The lowest BCUT2D eigenvalue weighted by atomic mass is 10.2. The first-order valence-electron chi connectivity index (χ1n) is 3.39. The van der Waals surface area contributed by atoms with Crippen LogP contribution >= 0.6 is 12.4 Å². The third-order valence-electron chi connectivity index (χ3n) is 1.78. The molecule has 1 aliphatic rings. The Bertz CT molecular complexity index is 91.7. The molecule has 0 aromatic rings. The van der Waals surface area contributed by atoms with Crippen molar-refractivity contribution >= 4 is 12.4 Å². The van der Waals surface area contributed by atoms with E-state index in [2.05, 4.69) is 5.32 Å². The van der Waals surface area contributed by atoms with Crippen LogP contribution in [-0.4, -0.2) is 35.4 Å². The van der Waals surface area contributed by atoms with Crippen LogP contribution in [0.15, 0.2) is 0 Å². The largest absolute Gasteiger partial charge is 0.313 e. The van der Waals surface area contributed by atoms with E-state index in [-0.39, 0.29) is 24.5 Å². The molecule has 1 saturated heterocycles. The highest BCUT2D eigenvalue weighted by molar-refractivity contribution is 5.85. The number of rotatable bonds is 0. The minimum atomic E-state index is 0. The molecular weight excluding hydrogens is 152 g/mol. The molecule has 0 aromatic heterocycles. The number of nitrogens with one attached hydrogen (secondary N) is 1. The van der Waals surface area contributed by atoms with Gasteiger partial charge in [-0.25, -0.2) is 0 Å². The molecule has 0 unspecified atom stereocenters. The maximum absolute atomic E-state index is 9.24. The average molecular weight is 167 g/mol. The van der Waals surface area contributed by atoms with Crippen molar-refractivity contribution in [1.82, 2.24) is 10.4 Å². The number of hydrogen-bond donors (Lipinski definition) is 2. The van der Waals surface area contributed by atoms with Gasteiger partial charge in [0.1, 0.15) is 0 Å². The fourth-order valence-electron chi connectivity index (χ4n) is 1.12. The van der Waals surface area contributed by atoms with Gasteiger partial charge in [-0.1, -0.05) is 0 Å². The minimum Gasteiger partial charge on any atom is -0.313 e. The fraction of sp³-hybridized carbons (Fsp3) is 1.00. The van der Waals surface area contributed by atoms with E-state index >= 15 is 0 Å². The highest BCUT2D eigenvalue weighted by Crippen LogP contribution is 2.04. The van der Waals surface area contributed by atoms with Crippen molar-refractivity contribution in [2.24, 2.45) is 0 Å². The Morgan fingerprint density at radius 3 is 2.00 bits per heavy atom. The summed E-state index contributed by atoms with van der Waals surface area (Å²) < 4.78 is 0. The maximum atomic E-state index is 9.24. The summed E-state index contributed by atoms with van der Waals surface area (Å²) in [5, 5.41) is 13.9. The van der Waals surface area contributed by atoms with Crippen LogP contribution in [0.3, 0.4) is 0 Å². The van der Waals surface area contributed by atoms with Crippen LogP contribution in [0.4, 0.5) is 0 Å². The second-order valence-corrected chi connectivity index (χ2v) is 2.74. The van der Waals surface area contributed by atoms with Gasteiger partial charge in [-0.05, 0) is 13.8 Å². The second-order valence-electron chi connectivity index (χ2n) is 2.74. The van der Waals surface area contributed by atoms with Crippen molar-refractivity contribution in [1.29, 1.82) is 0 Å². The Kier molecular flexibility index (Phi) is 4.20. The first kappa shape index (κ1) is 10.2. The van der Waals surface area contributed by atoms with Crippen molar-refractivity contribution in [3.63, 3.8) is 0 Å². The van der Waals surface area contributed by atoms with Crippen LogP contribution < -0.4 is 5.32 Å². The molecule has 0 spiro atoms. The topological polar surface area (TPSA) is 35.5 Å². The van der Waals surface area contributed by atoms with Gasteiger partial charge in [0.15, 0.2) is 0 Å². The lowest BCUT2D eigenvalue weighted by Gasteiger charge is -2.33. The highest BCUT2D eigenvalue weighted by atomic mass is 35.5. The molecule has 0 bridgehead atoms. The third-order valence-corrected chi connectivity index (χ3v) is 1.78. The maximum Gasteiger partial charge on any atom is 0.0450 e. The van der Waals surface area contributed by atoms with Gasteiger partial charge in [0.25, 0.3) is 0 Å². The molecule has 0 amide bonds. The van der Waals surface area contributed by atoms with Gasteiger partial charge >= 0.3 is 0 Å². The van der Waals surface area contributed by atoms with E-state index in [1.165, 1.54) is 5.06 Å². The molecule has 4 heteroatoms. The molecule has 62 valence electrons. The SMILES string of the molecule is C[C@@H]1CNC[C@H](C)N1O.Cl. The zero-order valence-corrected chi connectivity index (χ0v) is 7.19. The number of hydrogen-bond acceptors (Lipinski definition) is 3. The summed E-state index contributed by atoms with van der Waals surface area (Å²) in [5.74, 6) is 0. The van der Waals surface area contributed by atoms with Crippen molar-refractivity contribution in [3.05, 3.63) is 0 Å². The van der Waals surface area contributed by atoms with Crippen LogP contribution in [0.5, 0.6) is 0 Å². The Balaban J connectivity index is 0.000000810. The standard InChI is InChI=1S/C6H14N2O.ClH/c1-5-3-7-4-6(2)8(5)9;/h5-7,9H,3-4H2,1-2H3;1H/t5-,6+;. The molecule has 1 aliphatic heterocycles. The van der Waals surface area contributed by atoms with Gasteiger partial charge in [-0.3, -0.25) is 0 Å².